The van der Waals surface area contributed by atoms with Crippen LogP contribution in [0.2, 0.25) is 0 Å². The first-order valence-corrected chi connectivity index (χ1v) is 7.04. The van der Waals surface area contributed by atoms with Crippen LogP contribution in [0.3, 0.4) is 0 Å². The van der Waals surface area contributed by atoms with Crippen LogP contribution in [-0.4, -0.2) is 19.3 Å². The lowest BCUT2D eigenvalue weighted by Gasteiger charge is -2.09. The molecule has 0 aliphatic rings. The third kappa shape index (κ3) is 3.31. The molecule has 0 unspecified atom stereocenters. The SMILES string of the molecule is Cc1cn(CCc2cnn(C)c2)c(Nc2ccccc2)n1. The quantitative estimate of drug-likeness (QED) is 0.782. The van der Waals surface area contributed by atoms with Crippen molar-refractivity contribution in [3.63, 3.8) is 0 Å². The average molecular weight is 281 g/mol. The van der Waals surface area contributed by atoms with Gasteiger partial charge in [0.1, 0.15) is 0 Å². The molecule has 2 heterocycles. The molecule has 3 rings (SSSR count). The second kappa shape index (κ2) is 5.83. The lowest BCUT2D eigenvalue weighted by molar-refractivity contribution is 0.702. The summed E-state index contributed by atoms with van der Waals surface area (Å²) in [6.07, 6.45) is 6.97. The first kappa shape index (κ1) is 13.4. The van der Waals surface area contributed by atoms with E-state index in [4.69, 9.17) is 0 Å². The molecule has 5 heteroatoms. The van der Waals surface area contributed by atoms with Gasteiger partial charge in [-0.25, -0.2) is 4.98 Å². The van der Waals surface area contributed by atoms with Gasteiger partial charge < -0.3 is 9.88 Å². The normalized spacial score (nSPS) is 10.8. The molecule has 5 nitrogen and oxygen atoms in total. The highest BCUT2D eigenvalue weighted by Crippen LogP contribution is 2.16. The van der Waals surface area contributed by atoms with Crippen LogP contribution in [0.25, 0.3) is 0 Å². The van der Waals surface area contributed by atoms with Gasteiger partial charge in [0, 0.05) is 31.7 Å². The van der Waals surface area contributed by atoms with E-state index in [0.29, 0.717) is 0 Å². The third-order valence-electron chi connectivity index (χ3n) is 3.33. The lowest BCUT2D eigenvalue weighted by atomic mass is 10.2. The summed E-state index contributed by atoms with van der Waals surface area (Å²) >= 11 is 0. The average Bonchev–Trinajstić information content (AvgIpc) is 3.04. The third-order valence-corrected chi connectivity index (χ3v) is 3.33. The summed E-state index contributed by atoms with van der Waals surface area (Å²) in [6.45, 7) is 2.89. The Morgan fingerprint density at radius 1 is 1.14 bits per heavy atom. The molecule has 0 spiro atoms. The topological polar surface area (TPSA) is 47.7 Å². The fourth-order valence-corrected chi connectivity index (χ4v) is 2.32. The maximum absolute atomic E-state index is 4.55. The van der Waals surface area contributed by atoms with E-state index in [0.717, 1.165) is 30.3 Å². The predicted molar refractivity (Wildman–Crippen MR) is 83.6 cm³/mol. The van der Waals surface area contributed by atoms with Gasteiger partial charge in [0.25, 0.3) is 0 Å². The Kier molecular flexibility index (Phi) is 3.73. The highest BCUT2D eigenvalue weighted by atomic mass is 15.2. The summed E-state index contributed by atoms with van der Waals surface area (Å²) in [6, 6.07) is 10.1. The maximum Gasteiger partial charge on any atom is 0.207 e. The van der Waals surface area contributed by atoms with Gasteiger partial charge >= 0.3 is 0 Å². The maximum atomic E-state index is 4.55. The molecule has 0 aliphatic heterocycles. The summed E-state index contributed by atoms with van der Waals surface area (Å²) in [4.78, 5) is 4.55. The zero-order valence-electron chi connectivity index (χ0n) is 12.3. The number of para-hydroxylation sites is 1. The smallest absolute Gasteiger partial charge is 0.207 e. The van der Waals surface area contributed by atoms with Crippen LogP contribution < -0.4 is 5.32 Å². The molecule has 0 saturated heterocycles. The van der Waals surface area contributed by atoms with Crippen molar-refractivity contribution in [2.45, 2.75) is 19.9 Å². The number of anilines is 2. The number of nitrogens with one attached hydrogen (secondary N) is 1. The van der Waals surface area contributed by atoms with E-state index in [9.17, 15) is 0 Å². The Morgan fingerprint density at radius 2 is 1.95 bits per heavy atom. The number of imidazole rings is 1. The Bertz CT molecular complexity index is 711. The molecular formula is C16H19N5. The molecule has 2 aromatic heterocycles. The largest absolute Gasteiger partial charge is 0.326 e. The van der Waals surface area contributed by atoms with Gasteiger partial charge in [-0.2, -0.15) is 5.10 Å². The summed E-state index contributed by atoms with van der Waals surface area (Å²) in [5.41, 5.74) is 3.29. The molecule has 0 saturated carbocycles. The van der Waals surface area contributed by atoms with E-state index in [2.05, 4.69) is 26.2 Å². The Balaban J connectivity index is 1.73. The van der Waals surface area contributed by atoms with Gasteiger partial charge in [0.15, 0.2) is 0 Å². The number of aromatic nitrogens is 4. The molecular weight excluding hydrogens is 262 g/mol. The Labute approximate surface area is 124 Å². The van der Waals surface area contributed by atoms with Crippen LogP contribution >= 0.6 is 0 Å². The molecule has 108 valence electrons. The van der Waals surface area contributed by atoms with Crippen LogP contribution in [0.4, 0.5) is 11.6 Å². The van der Waals surface area contributed by atoms with Gasteiger partial charge in [0.05, 0.1) is 11.9 Å². The van der Waals surface area contributed by atoms with Crippen LogP contribution in [-0.2, 0) is 20.0 Å². The van der Waals surface area contributed by atoms with Crippen LogP contribution in [0.5, 0.6) is 0 Å². The molecule has 3 aromatic rings. The van der Waals surface area contributed by atoms with Crippen molar-refractivity contribution < 1.29 is 0 Å². The summed E-state index contributed by atoms with van der Waals surface area (Å²) in [5, 5.41) is 7.57. The molecule has 0 fully saturated rings. The van der Waals surface area contributed by atoms with Crippen molar-refractivity contribution in [3.05, 3.63) is 60.2 Å². The Morgan fingerprint density at radius 3 is 2.67 bits per heavy atom. The van der Waals surface area contributed by atoms with E-state index in [1.165, 1.54) is 5.56 Å². The van der Waals surface area contributed by atoms with Crippen LogP contribution in [0.1, 0.15) is 11.3 Å². The number of nitrogens with zero attached hydrogens (tertiary/aromatic N) is 4. The Hall–Kier alpha value is -2.56. The van der Waals surface area contributed by atoms with Crippen molar-refractivity contribution in [2.24, 2.45) is 7.05 Å². The van der Waals surface area contributed by atoms with Gasteiger partial charge in [-0.05, 0) is 31.0 Å². The van der Waals surface area contributed by atoms with Gasteiger partial charge in [-0.1, -0.05) is 18.2 Å². The van der Waals surface area contributed by atoms with Gasteiger partial charge in [0.2, 0.25) is 5.95 Å². The van der Waals surface area contributed by atoms with Crippen molar-refractivity contribution in [2.75, 3.05) is 5.32 Å². The molecule has 0 atom stereocenters. The second-order valence-corrected chi connectivity index (χ2v) is 5.16. The minimum atomic E-state index is 0.877. The van der Waals surface area contributed by atoms with E-state index in [1.807, 2.05) is 61.4 Å². The molecule has 0 bridgehead atoms. The minimum Gasteiger partial charge on any atom is -0.326 e. The highest BCUT2D eigenvalue weighted by Gasteiger charge is 2.06. The van der Waals surface area contributed by atoms with Crippen molar-refractivity contribution in [1.29, 1.82) is 0 Å². The minimum absolute atomic E-state index is 0.877. The molecule has 1 N–H and O–H groups in total. The highest BCUT2D eigenvalue weighted by molar-refractivity contribution is 5.53. The van der Waals surface area contributed by atoms with Gasteiger partial charge in [-0.15, -0.1) is 0 Å². The number of rotatable bonds is 5. The second-order valence-electron chi connectivity index (χ2n) is 5.16. The number of hydrogen-bond donors (Lipinski definition) is 1. The van der Waals surface area contributed by atoms with E-state index in [-0.39, 0.29) is 0 Å². The number of aryl methyl sites for hydroxylation is 4. The molecule has 1 aromatic carbocycles. The van der Waals surface area contributed by atoms with E-state index in [1.54, 1.807) is 0 Å². The first-order chi connectivity index (χ1) is 10.2. The van der Waals surface area contributed by atoms with Crippen LogP contribution in [0, 0.1) is 6.92 Å². The van der Waals surface area contributed by atoms with Crippen LogP contribution in [0.15, 0.2) is 48.9 Å². The van der Waals surface area contributed by atoms with E-state index < -0.39 is 0 Å². The van der Waals surface area contributed by atoms with E-state index >= 15 is 0 Å². The van der Waals surface area contributed by atoms with Crippen molar-refractivity contribution in [3.8, 4) is 0 Å². The standard InChI is InChI=1S/C16H19N5/c1-13-11-21(9-8-14-10-17-20(2)12-14)16(18-13)19-15-6-4-3-5-7-15/h3-7,10-12H,8-9H2,1-2H3,(H,18,19). The number of hydrogen-bond acceptors (Lipinski definition) is 3. The fourth-order valence-electron chi connectivity index (χ4n) is 2.32. The lowest BCUT2D eigenvalue weighted by Crippen LogP contribution is -2.05. The van der Waals surface area contributed by atoms with Crippen molar-refractivity contribution >= 4 is 11.6 Å². The summed E-state index contributed by atoms with van der Waals surface area (Å²) < 4.78 is 3.98. The summed E-state index contributed by atoms with van der Waals surface area (Å²) in [5.74, 6) is 0.877. The molecule has 21 heavy (non-hydrogen) atoms. The zero-order chi connectivity index (χ0) is 14.7. The molecule has 0 aliphatic carbocycles. The molecule has 0 radical (unpaired) electrons. The molecule has 0 amide bonds. The first-order valence-electron chi connectivity index (χ1n) is 7.04. The number of benzene rings is 1. The predicted octanol–water partition coefficient (Wildman–Crippen LogP) is 2.91. The monoisotopic (exact) mass is 281 g/mol. The summed E-state index contributed by atoms with van der Waals surface area (Å²) in [7, 11) is 1.94. The zero-order valence-corrected chi connectivity index (χ0v) is 12.3. The van der Waals surface area contributed by atoms with Crippen molar-refractivity contribution in [1.82, 2.24) is 19.3 Å². The fraction of sp³-hybridized carbons (Fsp3) is 0.250. The van der Waals surface area contributed by atoms with Gasteiger partial charge in [-0.3, -0.25) is 4.68 Å².